The number of nitrogens with one attached hydrogen (secondary N) is 2. The molecule has 1 aliphatic heterocycles. The number of ether oxygens (including phenoxy) is 1. The molecule has 1 aliphatic carbocycles. The third-order valence-electron chi connectivity index (χ3n) is 6.23. The first kappa shape index (κ1) is 16.0. The Labute approximate surface area is 161 Å². The third-order valence-corrected chi connectivity index (χ3v) is 6.23. The molecule has 0 amide bonds. The molecule has 4 aromatic heterocycles. The van der Waals surface area contributed by atoms with Crippen LogP contribution in [0.4, 0.5) is 5.95 Å². The molecule has 142 valence electrons. The predicted octanol–water partition coefficient (Wildman–Crippen LogP) is 3.18. The Balaban J connectivity index is 1.24. The summed E-state index contributed by atoms with van der Waals surface area (Å²) in [4.78, 5) is 12.6. The number of rotatable bonds is 3. The summed E-state index contributed by atoms with van der Waals surface area (Å²) in [7, 11) is 0. The molecule has 2 aliphatic rings. The number of nitrogens with zero attached hydrogens (tertiary/aromatic N) is 5. The molecule has 6 rings (SSSR count). The number of anilines is 1. The van der Waals surface area contributed by atoms with Gasteiger partial charge >= 0.3 is 0 Å². The maximum absolute atomic E-state index is 5.81. The molecule has 0 bridgehead atoms. The topological polar surface area (TPSA) is 93.0 Å². The van der Waals surface area contributed by atoms with Gasteiger partial charge in [0, 0.05) is 41.1 Å². The van der Waals surface area contributed by atoms with E-state index in [-0.39, 0.29) is 5.60 Å². The quantitative estimate of drug-likeness (QED) is 0.571. The van der Waals surface area contributed by atoms with Crippen LogP contribution in [0.15, 0.2) is 37.1 Å². The van der Waals surface area contributed by atoms with E-state index in [1.54, 1.807) is 6.33 Å². The van der Waals surface area contributed by atoms with E-state index in [0.717, 1.165) is 60.1 Å². The van der Waals surface area contributed by atoms with Crippen molar-refractivity contribution in [3.8, 4) is 11.1 Å². The zero-order valence-corrected chi connectivity index (χ0v) is 15.4. The molecule has 2 fully saturated rings. The minimum atomic E-state index is 0.184. The molecule has 1 saturated heterocycles. The Morgan fingerprint density at radius 1 is 1.21 bits per heavy atom. The molecule has 0 unspecified atom stereocenters. The van der Waals surface area contributed by atoms with Crippen molar-refractivity contribution in [2.75, 3.05) is 11.9 Å². The summed E-state index contributed by atoms with van der Waals surface area (Å²) in [5.74, 6) is 0.686. The van der Waals surface area contributed by atoms with Crippen LogP contribution in [-0.4, -0.2) is 47.8 Å². The first-order valence-corrected chi connectivity index (χ1v) is 9.82. The fourth-order valence-electron chi connectivity index (χ4n) is 4.46. The number of aromatic nitrogens is 6. The Kier molecular flexibility index (Phi) is 3.43. The van der Waals surface area contributed by atoms with E-state index in [1.807, 2.05) is 35.1 Å². The van der Waals surface area contributed by atoms with E-state index in [1.165, 1.54) is 6.42 Å². The molecule has 28 heavy (non-hydrogen) atoms. The Morgan fingerprint density at radius 3 is 2.93 bits per heavy atom. The molecule has 0 atom stereocenters. The van der Waals surface area contributed by atoms with Gasteiger partial charge in [-0.25, -0.2) is 4.98 Å². The van der Waals surface area contributed by atoms with E-state index >= 15 is 0 Å². The molecule has 5 heterocycles. The SMILES string of the molecule is c1cc2nncn2cc1-c1c[nH]c2nc(NC3CCC4(CCO4)CC3)ncc12. The lowest BCUT2D eigenvalue weighted by Gasteiger charge is -2.46. The fraction of sp³-hybridized carbons (Fsp3) is 0.400. The highest BCUT2D eigenvalue weighted by Crippen LogP contribution is 2.41. The van der Waals surface area contributed by atoms with Gasteiger partial charge in [0.05, 0.1) is 12.2 Å². The van der Waals surface area contributed by atoms with E-state index < -0.39 is 0 Å². The highest BCUT2D eigenvalue weighted by atomic mass is 16.5. The zero-order chi connectivity index (χ0) is 18.6. The number of fused-ring (bicyclic) bond motifs is 2. The number of pyridine rings is 1. The zero-order valence-electron chi connectivity index (χ0n) is 15.4. The van der Waals surface area contributed by atoms with Crippen molar-refractivity contribution in [2.45, 2.75) is 43.7 Å². The van der Waals surface area contributed by atoms with E-state index in [2.05, 4.69) is 25.5 Å². The lowest BCUT2D eigenvalue weighted by Crippen LogP contribution is -2.48. The maximum Gasteiger partial charge on any atom is 0.224 e. The molecule has 1 spiro atoms. The average Bonchev–Trinajstić information content (AvgIpc) is 3.33. The van der Waals surface area contributed by atoms with Crippen molar-refractivity contribution in [3.63, 3.8) is 0 Å². The molecule has 0 radical (unpaired) electrons. The van der Waals surface area contributed by atoms with Crippen LogP contribution in [0.2, 0.25) is 0 Å². The number of H-pyrrole nitrogens is 1. The lowest BCUT2D eigenvalue weighted by atomic mass is 9.77. The van der Waals surface area contributed by atoms with Crippen LogP contribution in [0.5, 0.6) is 0 Å². The molecule has 0 aromatic carbocycles. The Hall–Kier alpha value is -3.00. The summed E-state index contributed by atoms with van der Waals surface area (Å²) in [6.07, 6.45) is 13.3. The summed E-state index contributed by atoms with van der Waals surface area (Å²) in [6, 6.07) is 4.41. The van der Waals surface area contributed by atoms with Crippen molar-refractivity contribution in [1.29, 1.82) is 0 Å². The van der Waals surface area contributed by atoms with Crippen LogP contribution in [0.1, 0.15) is 32.1 Å². The van der Waals surface area contributed by atoms with Crippen LogP contribution in [0.25, 0.3) is 27.8 Å². The van der Waals surface area contributed by atoms with Crippen LogP contribution in [0, 0.1) is 0 Å². The van der Waals surface area contributed by atoms with Crippen LogP contribution in [0.3, 0.4) is 0 Å². The van der Waals surface area contributed by atoms with Gasteiger partial charge in [-0.1, -0.05) is 0 Å². The van der Waals surface area contributed by atoms with Gasteiger partial charge in [-0.05, 0) is 44.2 Å². The van der Waals surface area contributed by atoms with Crippen LogP contribution in [-0.2, 0) is 4.74 Å². The summed E-state index contributed by atoms with van der Waals surface area (Å²) >= 11 is 0. The second-order valence-electron chi connectivity index (χ2n) is 7.87. The second kappa shape index (κ2) is 6.00. The first-order chi connectivity index (χ1) is 13.8. The Bertz CT molecular complexity index is 1150. The van der Waals surface area contributed by atoms with Gasteiger partial charge in [0.25, 0.3) is 0 Å². The van der Waals surface area contributed by atoms with E-state index in [0.29, 0.717) is 12.0 Å². The highest BCUT2D eigenvalue weighted by molar-refractivity contribution is 5.93. The van der Waals surface area contributed by atoms with Crippen LogP contribution < -0.4 is 5.32 Å². The monoisotopic (exact) mass is 375 g/mol. The van der Waals surface area contributed by atoms with Gasteiger partial charge in [0.1, 0.15) is 12.0 Å². The van der Waals surface area contributed by atoms with Gasteiger partial charge < -0.3 is 15.0 Å². The average molecular weight is 375 g/mol. The van der Waals surface area contributed by atoms with Gasteiger partial charge in [0.2, 0.25) is 5.95 Å². The normalized spacial score (nSPS) is 24.6. The highest BCUT2D eigenvalue weighted by Gasteiger charge is 2.41. The number of aromatic amines is 1. The fourth-order valence-corrected chi connectivity index (χ4v) is 4.46. The Morgan fingerprint density at radius 2 is 2.11 bits per heavy atom. The molecule has 1 saturated carbocycles. The van der Waals surface area contributed by atoms with Crippen LogP contribution >= 0.6 is 0 Å². The lowest BCUT2D eigenvalue weighted by molar-refractivity contribution is -0.165. The number of hydrogen-bond acceptors (Lipinski definition) is 6. The van der Waals surface area contributed by atoms with Gasteiger partial charge in [-0.15, -0.1) is 10.2 Å². The van der Waals surface area contributed by atoms with Crippen molar-refractivity contribution < 1.29 is 4.74 Å². The minimum absolute atomic E-state index is 0.184. The largest absolute Gasteiger partial charge is 0.375 e. The first-order valence-electron chi connectivity index (χ1n) is 9.82. The summed E-state index contributed by atoms with van der Waals surface area (Å²) in [5, 5.41) is 12.5. The van der Waals surface area contributed by atoms with Crippen molar-refractivity contribution in [1.82, 2.24) is 29.5 Å². The van der Waals surface area contributed by atoms with E-state index in [9.17, 15) is 0 Å². The van der Waals surface area contributed by atoms with Crippen molar-refractivity contribution in [3.05, 3.63) is 37.1 Å². The van der Waals surface area contributed by atoms with Gasteiger partial charge in [0.15, 0.2) is 5.65 Å². The van der Waals surface area contributed by atoms with Crippen molar-refractivity contribution >= 4 is 22.6 Å². The van der Waals surface area contributed by atoms with Crippen molar-refractivity contribution in [2.24, 2.45) is 0 Å². The molecule has 8 heteroatoms. The molecule has 2 N–H and O–H groups in total. The maximum atomic E-state index is 5.81. The third kappa shape index (κ3) is 2.56. The van der Waals surface area contributed by atoms with E-state index in [4.69, 9.17) is 9.72 Å². The second-order valence-corrected chi connectivity index (χ2v) is 7.87. The summed E-state index contributed by atoms with van der Waals surface area (Å²) in [6.45, 7) is 0.928. The summed E-state index contributed by atoms with van der Waals surface area (Å²) in [5.41, 5.74) is 3.99. The molecule has 8 nitrogen and oxygen atoms in total. The molecule has 4 aromatic rings. The predicted molar refractivity (Wildman–Crippen MR) is 105 cm³/mol. The summed E-state index contributed by atoms with van der Waals surface area (Å²) < 4.78 is 7.72. The van der Waals surface area contributed by atoms with Gasteiger partial charge in [-0.2, -0.15) is 4.98 Å². The van der Waals surface area contributed by atoms with Gasteiger partial charge in [-0.3, -0.25) is 4.40 Å². The molecular formula is C20H21N7O. The molecular weight excluding hydrogens is 354 g/mol. The number of hydrogen-bond donors (Lipinski definition) is 2. The standard InChI is InChI=1S/C20H21N7O/c1-2-17-26-23-12-27(17)11-13(1)15-9-21-18-16(15)10-22-19(25-18)24-14-3-5-20(6-4-14)7-8-28-20/h1-2,9-12,14H,3-8H2,(H2,21,22,24,25). The smallest absolute Gasteiger partial charge is 0.224 e. The minimum Gasteiger partial charge on any atom is -0.375 e.